The Morgan fingerprint density at radius 1 is 1.15 bits per heavy atom. The lowest BCUT2D eigenvalue weighted by molar-refractivity contribution is 0.0732. The standard InChI is InChI=1S/C14H7ClI2O3/c15-10-3-1-8(2-4-10)14(19)20-13-9(7-18)5-11(16)6-12(13)17/h1-7H. The van der Waals surface area contributed by atoms with Crippen molar-refractivity contribution < 1.29 is 14.3 Å². The number of halogens is 3. The summed E-state index contributed by atoms with van der Waals surface area (Å²) in [6.07, 6.45) is 0.675. The highest BCUT2D eigenvalue weighted by Gasteiger charge is 2.15. The Morgan fingerprint density at radius 3 is 2.40 bits per heavy atom. The van der Waals surface area contributed by atoms with E-state index in [0.29, 0.717) is 26.0 Å². The molecule has 20 heavy (non-hydrogen) atoms. The smallest absolute Gasteiger partial charge is 0.343 e. The monoisotopic (exact) mass is 512 g/mol. The highest BCUT2D eigenvalue weighted by Crippen LogP contribution is 2.28. The third-order valence-electron chi connectivity index (χ3n) is 2.44. The van der Waals surface area contributed by atoms with Gasteiger partial charge in [0.1, 0.15) is 0 Å². The van der Waals surface area contributed by atoms with Gasteiger partial charge in [0.25, 0.3) is 0 Å². The number of benzene rings is 2. The normalized spacial score (nSPS) is 10.2. The number of hydrogen-bond acceptors (Lipinski definition) is 3. The van der Waals surface area contributed by atoms with E-state index in [1.165, 1.54) is 0 Å². The molecule has 0 N–H and O–H groups in total. The Hall–Kier alpha value is -0.670. The number of esters is 1. The second-order valence-corrected chi connectivity index (χ2v) is 6.66. The van der Waals surface area contributed by atoms with Crippen LogP contribution in [0, 0.1) is 7.14 Å². The van der Waals surface area contributed by atoms with Gasteiger partial charge in [-0.2, -0.15) is 0 Å². The Labute approximate surface area is 147 Å². The average molecular weight is 512 g/mol. The predicted molar refractivity (Wildman–Crippen MR) is 93.7 cm³/mol. The van der Waals surface area contributed by atoms with Crippen molar-refractivity contribution in [1.82, 2.24) is 0 Å². The van der Waals surface area contributed by atoms with E-state index in [-0.39, 0.29) is 5.75 Å². The first kappa shape index (κ1) is 15.7. The van der Waals surface area contributed by atoms with Gasteiger partial charge in [-0.1, -0.05) is 11.6 Å². The molecule has 0 atom stereocenters. The molecule has 102 valence electrons. The van der Waals surface area contributed by atoms with Crippen molar-refractivity contribution in [3.8, 4) is 5.75 Å². The second kappa shape index (κ2) is 6.86. The topological polar surface area (TPSA) is 43.4 Å². The van der Waals surface area contributed by atoms with Gasteiger partial charge in [0.15, 0.2) is 12.0 Å². The molecule has 2 rings (SSSR count). The zero-order valence-electron chi connectivity index (χ0n) is 9.90. The largest absolute Gasteiger partial charge is 0.421 e. The molecule has 2 aromatic carbocycles. The van der Waals surface area contributed by atoms with Crippen molar-refractivity contribution in [3.05, 3.63) is 59.7 Å². The van der Waals surface area contributed by atoms with E-state index in [4.69, 9.17) is 16.3 Å². The Morgan fingerprint density at radius 2 is 1.80 bits per heavy atom. The molecule has 6 heteroatoms. The van der Waals surface area contributed by atoms with Crippen LogP contribution in [0.2, 0.25) is 5.02 Å². The molecule has 0 heterocycles. The molecule has 2 aromatic rings. The molecule has 0 spiro atoms. The summed E-state index contributed by atoms with van der Waals surface area (Å²) in [5.41, 5.74) is 0.726. The number of hydrogen-bond donors (Lipinski definition) is 0. The summed E-state index contributed by atoms with van der Waals surface area (Å²) < 4.78 is 6.93. The van der Waals surface area contributed by atoms with Gasteiger partial charge >= 0.3 is 5.97 Å². The zero-order valence-corrected chi connectivity index (χ0v) is 15.0. The Kier molecular flexibility index (Phi) is 5.39. The van der Waals surface area contributed by atoms with Crippen molar-refractivity contribution in [3.63, 3.8) is 0 Å². The van der Waals surface area contributed by atoms with Crippen LogP contribution in [0.4, 0.5) is 0 Å². The van der Waals surface area contributed by atoms with E-state index in [1.807, 2.05) is 28.7 Å². The minimum Gasteiger partial charge on any atom is -0.421 e. The zero-order chi connectivity index (χ0) is 14.7. The van der Waals surface area contributed by atoms with Crippen LogP contribution in [0.5, 0.6) is 5.75 Å². The highest BCUT2D eigenvalue weighted by molar-refractivity contribution is 14.1. The summed E-state index contributed by atoms with van der Waals surface area (Å²) in [6.45, 7) is 0. The van der Waals surface area contributed by atoms with Crippen LogP contribution in [0.15, 0.2) is 36.4 Å². The van der Waals surface area contributed by atoms with Gasteiger partial charge in [-0.05, 0) is 81.6 Å². The minimum atomic E-state index is -0.524. The second-order valence-electron chi connectivity index (χ2n) is 3.82. The van der Waals surface area contributed by atoms with Gasteiger partial charge in [0, 0.05) is 8.59 Å². The summed E-state index contributed by atoms with van der Waals surface area (Å²) in [7, 11) is 0. The van der Waals surface area contributed by atoms with Crippen LogP contribution in [-0.2, 0) is 0 Å². The number of carbonyl (C=O) groups is 2. The van der Waals surface area contributed by atoms with Crippen LogP contribution in [0.1, 0.15) is 20.7 Å². The molecule has 0 fully saturated rings. The Balaban J connectivity index is 2.32. The fourth-order valence-corrected chi connectivity index (χ4v) is 3.64. The van der Waals surface area contributed by atoms with Crippen molar-refractivity contribution in [2.24, 2.45) is 0 Å². The van der Waals surface area contributed by atoms with Crippen molar-refractivity contribution in [1.29, 1.82) is 0 Å². The predicted octanol–water partition coefficient (Wildman–Crippen LogP) is 4.58. The fraction of sp³-hybridized carbons (Fsp3) is 0. The molecule has 0 saturated carbocycles. The van der Waals surface area contributed by atoms with E-state index in [0.717, 1.165) is 3.57 Å². The number of rotatable bonds is 3. The van der Waals surface area contributed by atoms with Crippen molar-refractivity contribution >= 4 is 69.0 Å². The van der Waals surface area contributed by atoms with Gasteiger partial charge in [0.05, 0.1) is 14.7 Å². The van der Waals surface area contributed by atoms with Gasteiger partial charge in [-0.15, -0.1) is 0 Å². The van der Waals surface area contributed by atoms with Crippen LogP contribution in [-0.4, -0.2) is 12.3 Å². The SMILES string of the molecule is O=Cc1cc(I)cc(I)c1OC(=O)c1ccc(Cl)cc1. The third kappa shape index (κ3) is 3.70. The molecule has 0 unspecified atom stereocenters. The van der Waals surface area contributed by atoms with E-state index in [2.05, 4.69) is 22.6 Å². The Bertz CT molecular complexity index is 669. The van der Waals surface area contributed by atoms with Gasteiger partial charge in [-0.3, -0.25) is 4.79 Å². The number of aldehydes is 1. The van der Waals surface area contributed by atoms with Crippen LogP contribution >= 0.6 is 56.8 Å². The molecule has 0 bridgehead atoms. The maximum Gasteiger partial charge on any atom is 0.343 e. The van der Waals surface area contributed by atoms with Gasteiger partial charge < -0.3 is 4.74 Å². The molecule has 0 aliphatic rings. The molecule has 0 aromatic heterocycles. The highest BCUT2D eigenvalue weighted by atomic mass is 127. The molecule has 3 nitrogen and oxygen atoms in total. The maximum atomic E-state index is 12.0. The molecular formula is C14H7ClI2O3. The third-order valence-corrected chi connectivity index (χ3v) is 4.11. The van der Waals surface area contributed by atoms with Gasteiger partial charge in [0.2, 0.25) is 0 Å². The van der Waals surface area contributed by atoms with Gasteiger partial charge in [-0.25, -0.2) is 4.79 Å². The fourth-order valence-electron chi connectivity index (χ4n) is 1.51. The lowest BCUT2D eigenvalue weighted by Crippen LogP contribution is -2.11. The van der Waals surface area contributed by atoms with E-state index >= 15 is 0 Å². The van der Waals surface area contributed by atoms with E-state index < -0.39 is 5.97 Å². The lowest BCUT2D eigenvalue weighted by atomic mass is 10.2. The summed E-state index contributed by atoms with van der Waals surface area (Å²) in [4.78, 5) is 23.1. The minimum absolute atomic E-state index is 0.279. The van der Waals surface area contributed by atoms with Crippen LogP contribution in [0.25, 0.3) is 0 Å². The first-order valence-electron chi connectivity index (χ1n) is 5.43. The maximum absolute atomic E-state index is 12.0. The summed E-state index contributed by atoms with van der Waals surface area (Å²) >= 11 is 9.90. The summed E-state index contributed by atoms with van der Waals surface area (Å²) in [5, 5.41) is 0.541. The first-order valence-corrected chi connectivity index (χ1v) is 7.97. The van der Waals surface area contributed by atoms with E-state index in [9.17, 15) is 9.59 Å². The van der Waals surface area contributed by atoms with Crippen molar-refractivity contribution in [2.75, 3.05) is 0 Å². The summed E-state index contributed by atoms with van der Waals surface area (Å²) in [6, 6.07) is 9.86. The lowest BCUT2D eigenvalue weighted by Gasteiger charge is -2.09. The molecule has 0 aliphatic heterocycles. The van der Waals surface area contributed by atoms with Crippen LogP contribution < -0.4 is 4.74 Å². The molecule has 0 aliphatic carbocycles. The quantitative estimate of drug-likeness (QED) is 0.262. The summed E-state index contributed by atoms with van der Waals surface area (Å²) in [5.74, 6) is -0.246. The molecule has 0 saturated heterocycles. The first-order chi connectivity index (χ1) is 9.51. The molecule has 0 radical (unpaired) electrons. The van der Waals surface area contributed by atoms with Crippen molar-refractivity contribution in [2.45, 2.75) is 0 Å². The van der Waals surface area contributed by atoms with Crippen LogP contribution in [0.3, 0.4) is 0 Å². The number of ether oxygens (including phenoxy) is 1. The molecule has 0 amide bonds. The van der Waals surface area contributed by atoms with E-state index in [1.54, 1.807) is 30.3 Å². The number of carbonyl (C=O) groups excluding carboxylic acids is 2. The molecular weight excluding hydrogens is 505 g/mol. The average Bonchev–Trinajstić information content (AvgIpc) is 2.42.